The standard InChI is InChI=1S/C20H20O5/c1-11(2)3-8-15-19(24)18-16(23)9-14(22)10-17(18)25-20(15)12-4-6-13(21)7-5-12/h3-7,9-10,15,20-23H,8H2,1-2H3/t15-,20-/m1/s1. The first-order valence-corrected chi connectivity index (χ1v) is 8.06. The average Bonchev–Trinajstić information content (AvgIpc) is 2.53. The molecule has 0 saturated carbocycles. The third-order valence-corrected chi connectivity index (χ3v) is 4.27. The number of hydrogen-bond donors (Lipinski definition) is 3. The number of allylic oxidation sites excluding steroid dienone is 2. The van der Waals surface area contributed by atoms with Crippen LogP contribution in [-0.4, -0.2) is 21.1 Å². The fourth-order valence-corrected chi connectivity index (χ4v) is 3.03. The van der Waals surface area contributed by atoms with Crippen LogP contribution >= 0.6 is 0 Å². The van der Waals surface area contributed by atoms with E-state index >= 15 is 0 Å². The maximum atomic E-state index is 13.0. The molecular weight excluding hydrogens is 320 g/mol. The summed E-state index contributed by atoms with van der Waals surface area (Å²) in [6.07, 6.45) is 1.85. The lowest BCUT2D eigenvalue weighted by Crippen LogP contribution is -2.31. The Balaban J connectivity index is 2.09. The van der Waals surface area contributed by atoms with Crippen LogP contribution in [0.4, 0.5) is 0 Å². The van der Waals surface area contributed by atoms with Crippen molar-refractivity contribution in [2.75, 3.05) is 0 Å². The normalized spacial score (nSPS) is 19.0. The number of Topliss-reactive ketones (excluding diaryl/α,β-unsaturated/α-hetero) is 1. The first-order chi connectivity index (χ1) is 11.9. The highest BCUT2D eigenvalue weighted by molar-refractivity contribution is 6.04. The van der Waals surface area contributed by atoms with Crippen LogP contribution in [0.1, 0.15) is 42.3 Å². The van der Waals surface area contributed by atoms with Gasteiger partial charge in [0.1, 0.15) is 34.7 Å². The Labute approximate surface area is 145 Å². The highest BCUT2D eigenvalue weighted by atomic mass is 16.5. The summed E-state index contributed by atoms with van der Waals surface area (Å²) in [6, 6.07) is 8.95. The molecule has 130 valence electrons. The number of hydrogen-bond acceptors (Lipinski definition) is 5. The van der Waals surface area contributed by atoms with Gasteiger partial charge in [-0.2, -0.15) is 0 Å². The molecule has 2 aromatic carbocycles. The van der Waals surface area contributed by atoms with Crippen LogP contribution in [0.5, 0.6) is 23.0 Å². The highest BCUT2D eigenvalue weighted by Gasteiger charge is 2.39. The molecule has 5 nitrogen and oxygen atoms in total. The molecule has 0 fully saturated rings. The Morgan fingerprint density at radius 3 is 2.40 bits per heavy atom. The van der Waals surface area contributed by atoms with Crippen LogP contribution in [0.3, 0.4) is 0 Å². The van der Waals surface area contributed by atoms with E-state index in [9.17, 15) is 20.1 Å². The lowest BCUT2D eigenvalue weighted by molar-refractivity contribution is 0.0654. The number of ketones is 1. The Morgan fingerprint density at radius 1 is 1.08 bits per heavy atom. The first kappa shape index (κ1) is 16.9. The maximum Gasteiger partial charge on any atom is 0.177 e. The molecule has 3 N–H and O–H groups in total. The summed E-state index contributed by atoms with van der Waals surface area (Å²) < 4.78 is 5.98. The second-order valence-electron chi connectivity index (χ2n) is 6.46. The van der Waals surface area contributed by atoms with Gasteiger partial charge in [-0.05, 0) is 38.0 Å². The topological polar surface area (TPSA) is 87.0 Å². The van der Waals surface area contributed by atoms with Crippen molar-refractivity contribution in [3.05, 3.63) is 59.2 Å². The van der Waals surface area contributed by atoms with E-state index < -0.39 is 12.0 Å². The van der Waals surface area contributed by atoms with Crippen molar-refractivity contribution in [2.24, 2.45) is 5.92 Å². The molecule has 0 aliphatic carbocycles. The molecule has 0 radical (unpaired) electrons. The lowest BCUT2D eigenvalue weighted by Gasteiger charge is -2.33. The van der Waals surface area contributed by atoms with Gasteiger partial charge in [0.05, 0.1) is 5.92 Å². The zero-order valence-corrected chi connectivity index (χ0v) is 14.1. The van der Waals surface area contributed by atoms with Gasteiger partial charge in [0, 0.05) is 12.1 Å². The fraction of sp³-hybridized carbons (Fsp3) is 0.250. The molecule has 1 aliphatic rings. The first-order valence-electron chi connectivity index (χ1n) is 8.06. The van der Waals surface area contributed by atoms with E-state index in [1.54, 1.807) is 12.1 Å². The van der Waals surface area contributed by atoms with Crippen molar-refractivity contribution >= 4 is 5.78 Å². The molecule has 0 unspecified atom stereocenters. The molecule has 25 heavy (non-hydrogen) atoms. The van der Waals surface area contributed by atoms with Gasteiger partial charge >= 0.3 is 0 Å². The average molecular weight is 340 g/mol. The number of phenols is 3. The van der Waals surface area contributed by atoms with Gasteiger partial charge in [-0.1, -0.05) is 23.8 Å². The SMILES string of the molecule is CC(C)=CC[C@@H]1C(=O)c2c(O)cc(O)cc2O[C@@H]1c1ccc(O)cc1. The van der Waals surface area contributed by atoms with E-state index in [-0.39, 0.29) is 34.3 Å². The predicted molar refractivity (Wildman–Crippen MR) is 93.1 cm³/mol. The molecule has 3 rings (SSSR count). The number of aromatic hydroxyl groups is 3. The molecule has 1 aliphatic heterocycles. The van der Waals surface area contributed by atoms with Gasteiger partial charge in [-0.15, -0.1) is 0 Å². The third-order valence-electron chi connectivity index (χ3n) is 4.27. The second kappa shape index (κ2) is 6.51. The van der Waals surface area contributed by atoms with Gasteiger partial charge in [-0.25, -0.2) is 0 Å². The minimum atomic E-state index is -0.572. The number of carbonyl (C=O) groups excluding carboxylic acids is 1. The molecule has 0 amide bonds. The fourth-order valence-electron chi connectivity index (χ4n) is 3.03. The number of phenolic OH excluding ortho intramolecular Hbond substituents is 3. The van der Waals surface area contributed by atoms with Gasteiger partial charge < -0.3 is 20.1 Å². The Morgan fingerprint density at radius 2 is 1.76 bits per heavy atom. The summed E-state index contributed by atoms with van der Waals surface area (Å²) in [4.78, 5) is 13.0. The lowest BCUT2D eigenvalue weighted by atomic mass is 9.83. The Bertz CT molecular complexity index is 832. The summed E-state index contributed by atoms with van der Waals surface area (Å²) in [6.45, 7) is 3.90. The van der Waals surface area contributed by atoms with Crippen LogP contribution in [-0.2, 0) is 0 Å². The van der Waals surface area contributed by atoms with Crippen LogP contribution in [0, 0.1) is 5.92 Å². The van der Waals surface area contributed by atoms with Crippen molar-refractivity contribution in [2.45, 2.75) is 26.4 Å². The largest absolute Gasteiger partial charge is 0.508 e. The molecule has 1 heterocycles. The van der Waals surface area contributed by atoms with Crippen molar-refractivity contribution in [1.82, 2.24) is 0 Å². The number of benzene rings is 2. The summed E-state index contributed by atoms with van der Waals surface area (Å²) in [5, 5.41) is 29.3. The summed E-state index contributed by atoms with van der Waals surface area (Å²) in [5.74, 6) is -0.907. The smallest absolute Gasteiger partial charge is 0.177 e. The molecule has 0 aromatic heterocycles. The van der Waals surface area contributed by atoms with Crippen LogP contribution in [0.25, 0.3) is 0 Å². The second-order valence-corrected chi connectivity index (χ2v) is 6.46. The van der Waals surface area contributed by atoms with Crippen LogP contribution in [0.15, 0.2) is 48.0 Å². The molecule has 2 atom stereocenters. The van der Waals surface area contributed by atoms with Crippen molar-refractivity contribution < 1.29 is 24.9 Å². The number of fused-ring (bicyclic) bond motifs is 1. The van der Waals surface area contributed by atoms with E-state index in [2.05, 4.69) is 0 Å². The molecule has 2 aromatic rings. The van der Waals surface area contributed by atoms with Gasteiger partial charge in [0.25, 0.3) is 0 Å². The van der Waals surface area contributed by atoms with Gasteiger partial charge in [0.2, 0.25) is 0 Å². The zero-order valence-electron chi connectivity index (χ0n) is 14.1. The van der Waals surface area contributed by atoms with Crippen molar-refractivity contribution in [3.8, 4) is 23.0 Å². The molecule has 5 heteroatoms. The van der Waals surface area contributed by atoms with E-state index in [1.165, 1.54) is 18.2 Å². The highest BCUT2D eigenvalue weighted by Crippen LogP contribution is 2.45. The number of rotatable bonds is 3. The maximum absolute atomic E-state index is 13.0. The molecule has 0 bridgehead atoms. The zero-order chi connectivity index (χ0) is 18.1. The van der Waals surface area contributed by atoms with E-state index in [0.717, 1.165) is 17.2 Å². The molecule has 0 spiro atoms. The molecule has 0 saturated heterocycles. The van der Waals surface area contributed by atoms with E-state index in [4.69, 9.17) is 4.74 Å². The summed E-state index contributed by atoms with van der Waals surface area (Å²) >= 11 is 0. The van der Waals surface area contributed by atoms with Crippen LogP contribution < -0.4 is 4.74 Å². The minimum Gasteiger partial charge on any atom is -0.508 e. The van der Waals surface area contributed by atoms with Crippen molar-refractivity contribution in [1.29, 1.82) is 0 Å². The summed E-state index contributed by atoms with van der Waals surface area (Å²) in [7, 11) is 0. The monoisotopic (exact) mass is 340 g/mol. The summed E-state index contributed by atoms with van der Waals surface area (Å²) in [5.41, 5.74) is 1.92. The van der Waals surface area contributed by atoms with E-state index in [1.807, 2.05) is 19.9 Å². The third kappa shape index (κ3) is 3.31. The molecular formula is C20H20O5. The van der Waals surface area contributed by atoms with Gasteiger partial charge in [0.15, 0.2) is 5.78 Å². The van der Waals surface area contributed by atoms with Gasteiger partial charge in [-0.3, -0.25) is 4.79 Å². The van der Waals surface area contributed by atoms with E-state index in [0.29, 0.717) is 6.42 Å². The predicted octanol–water partition coefficient (Wildman–Crippen LogP) is 4.09. The minimum absolute atomic E-state index is 0.0972. The van der Waals surface area contributed by atoms with Crippen LogP contribution in [0.2, 0.25) is 0 Å². The number of ether oxygens (including phenoxy) is 1. The number of carbonyl (C=O) groups is 1. The quantitative estimate of drug-likeness (QED) is 0.733. The Kier molecular flexibility index (Phi) is 4.40. The van der Waals surface area contributed by atoms with Crippen molar-refractivity contribution in [3.63, 3.8) is 0 Å². The Hall–Kier alpha value is -2.95.